The fourth-order valence-corrected chi connectivity index (χ4v) is 0.126. The van der Waals surface area contributed by atoms with Crippen LogP contribution in [0.3, 0.4) is 0 Å². The van der Waals surface area contributed by atoms with Gasteiger partial charge in [0.25, 0.3) is 0 Å². The highest BCUT2D eigenvalue weighted by atomic mass is 17.0. The molecule has 0 aliphatic heterocycles. The van der Waals surface area contributed by atoms with Gasteiger partial charge in [-0.2, -0.15) is 4.94 Å². The first kappa shape index (κ1) is 7.38. The van der Waals surface area contributed by atoms with Crippen LogP contribution < -0.4 is 11.4 Å². The monoisotopic (exact) mass is 118 g/mol. The second kappa shape index (κ2) is 3.39. The Hall–Kier alpha value is -0.620. The summed E-state index contributed by atoms with van der Waals surface area (Å²) >= 11 is 0. The fourth-order valence-electron chi connectivity index (χ4n) is 0.126. The quantitative estimate of drug-likeness (QED) is 0.390. The summed E-state index contributed by atoms with van der Waals surface area (Å²) in [5, 5.41) is 10.4. The van der Waals surface area contributed by atoms with Crippen LogP contribution in [0.4, 0.5) is 0 Å². The Bertz CT molecular complexity index is 84.6. The summed E-state index contributed by atoms with van der Waals surface area (Å²) in [6, 6.07) is 0. The van der Waals surface area contributed by atoms with Gasteiger partial charge >= 0.3 is 0 Å². The van der Waals surface area contributed by atoms with Gasteiger partial charge in [0.2, 0.25) is 0 Å². The van der Waals surface area contributed by atoms with Crippen molar-refractivity contribution in [3.05, 3.63) is 17.5 Å². The number of hydrazine groups is 1. The summed E-state index contributed by atoms with van der Waals surface area (Å²) in [6.45, 7) is 4.76. The first-order chi connectivity index (χ1) is 3.68. The van der Waals surface area contributed by atoms with Gasteiger partial charge in [0.05, 0.1) is 0 Å². The van der Waals surface area contributed by atoms with Crippen LogP contribution in [0, 0.1) is 5.21 Å². The number of nitrogens with two attached hydrogens (primary N) is 1. The van der Waals surface area contributed by atoms with E-state index in [1.165, 1.54) is 6.92 Å². The first-order valence-electron chi connectivity index (χ1n) is 1.94. The Kier molecular flexibility index (Phi) is 3.13. The molecule has 0 saturated carbocycles. The molecule has 0 amide bonds. The van der Waals surface area contributed by atoms with Crippen LogP contribution >= 0.6 is 0 Å². The third kappa shape index (κ3) is 2.54. The van der Waals surface area contributed by atoms with Gasteiger partial charge in [-0.05, 0) is 6.92 Å². The van der Waals surface area contributed by atoms with Crippen molar-refractivity contribution in [1.82, 2.24) is 10.8 Å². The van der Waals surface area contributed by atoms with Crippen LogP contribution in [0.25, 0.3) is 0 Å². The highest BCUT2D eigenvalue weighted by Gasteiger charge is 1.83. The highest BCUT2D eigenvalue weighted by molar-refractivity contribution is 4.83. The summed E-state index contributed by atoms with van der Waals surface area (Å²) in [5.74, 6) is 4.61. The lowest BCUT2D eigenvalue weighted by molar-refractivity contribution is -0.154. The molecule has 5 nitrogen and oxygen atoms in total. The molecule has 0 fully saturated rings. The van der Waals surface area contributed by atoms with Crippen LogP contribution in [0.2, 0.25) is 0 Å². The molecule has 5 heteroatoms. The van der Waals surface area contributed by atoms with Gasteiger partial charge in [0.15, 0.2) is 0 Å². The molecule has 0 aromatic carbocycles. The minimum atomic E-state index is 0.167. The van der Waals surface area contributed by atoms with Crippen molar-refractivity contribution in [2.24, 2.45) is 5.84 Å². The molecule has 0 unspecified atom stereocenters. The zero-order chi connectivity index (χ0) is 6.57. The first-order valence-corrected chi connectivity index (χ1v) is 1.94. The molecule has 0 bridgehead atoms. The standard InChI is InChI=1S/C3H8N3O2/c1-3(2)6(7)8-5-4/h5H,1,4H2,2H3/q-1. The summed E-state index contributed by atoms with van der Waals surface area (Å²) in [4.78, 5) is 4.01. The molecule has 0 aromatic rings. The topological polar surface area (TPSA) is 73.6 Å². The molecule has 48 valence electrons. The lowest BCUT2D eigenvalue weighted by Gasteiger charge is -2.26. The van der Waals surface area contributed by atoms with Crippen molar-refractivity contribution >= 4 is 0 Å². The average Bonchev–Trinajstić information content (AvgIpc) is 1.67. The van der Waals surface area contributed by atoms with E-state index in [9.17, 15) is 5.21 Å². The molecule has 8 heavy (non-hydrogen) atoms. The average molecular weight is 118 g/mol. The summed E-state index contributed by atoms with van der Waals surface area (Å²) in [6.07, 6.45) is 0. The van der Waals surface area contributed by atoms with Crippen molar-refractivity contribution in [1.29, 1.82) is 0 Å². The Morgan fingerprint density at radius 1 is 2.00 bits per heavy atom. The predicted octanol–water partition coefficient (Wildman–Crippen LogP) is -0.370. The number of hydroxylamine groups is 2. The summed E-state index contributed by atoms with van der Waals surface area (Å²) in [5.41, 5.74) is 1.93. The van der Waals surface area contributed by atoms with E-state index >= 15 is 0 Å². The van der Waals surface area contributed by atoms with Crippen LogP contribution in [0.15, 0.2) is 12.3 Å². The molecular formula is C3H8N3O2-. The number of hydrogen-bond acceptors (Lipinski definition) is 5. The molecule has 0 rings (SSSR count). The molecule has 0 heterocycles. The number of allylic oxidation sites excluding steroid dienone is 1. The van der Waals surface area contributed by atoms with Crippen molar-refractivity contribution in [2.75, 3.05) is 0 Å². The number of nitrogens with one attached hydrogen (secondary N) is 1. The smallest absolute Gasteiger partial charge is 0.0202 e. The third-order valence-electron chi connectivity index (χ3n) is 0.447. The summed E-state index contributed by atoms with van der Waals surface area (Å²) in [7, 11) is 0. The SMILES string of the molecule is C=C(C)N([O-])ONN. The van der Waals surface area contributed by atoms with E-state index in [0.29, 0.717) is 0 Å². The van der Waals surface area contributed by atoms with Crippen LogP contribution in [-0.4, -0.2) is 5.23 Å². The lowest BCUT2D eigenvalue weighted by atomic mass is 10.6. The molecule has 0 atom stereocenters. The Balaban J connectivity index is 3.32. The lowest BCUT2D eigenvalue weighted by Crippen LogP contribution is -2.30. The molecular weight excluding hydrogens is 110 g/mol. The molecule has 0 saturated heterocycles. The zero-order valence-electron chi connectivity index (χ0n) is 4.55. The maximum Gasteiger partial charge on any atom is 0.0202 e. The van der Waals surface area contributed by atoms with Crippen LogP contribution in [0.1, 0.15) is 6.92 Å². The van der Waals surface area contributed by atoms with Gasteiger partial charge in [-0.3, -0.25) is 0 Å². The van der Waals surface area contributed by atoms with E-state index < -0.39 is 0 Å². The second-order valence-electron chi connectivity index (χ2n) is 1.20. The van der Waals surface area contributed by atoms with E-state index in [2.05, 4.69) is 17.4 Å². The van der Waals surface area contributed by atoms with Gasteiger partial charge in [0.1, 0.15) is 0 Å². The maximum absolute atomic E-state index is 10.2. The fraction of sp³-hybridized carbons (Fsp3) is 0.333. The number of hydrogen-bond donors (Lipinski definition) is 2. The van der Waals surface area contributed by atoms with Gasteiger partial charge in [-0.25, -0.2) is 5.84 Å². The molecule has 0 aliphatic carbocycles. The third-order valence-corrected chi connectivity index (χ3v) is 0.447. The minimum absolute atomic E-state index is 0.167. The van der Waals surface area contributed by atoms with Crippen molar-refractivity contribution < 1.29 is 4.94 Å². The Labute approximate surface area is 47.2 Å². The molecule has 0 radical (unpaired) electrons. The second-order valence-corrected chi connectivity index (χ2v) is 1.20. The Morgan fingerprint density at radius 2 is 2.50 bits per heavy atom. The normalized spacial score (nSPS) is 8.88. The van der Waals surface area contributed by atoms with E-state index in [1.807, 2.05) is 0 Å². The van der Waals surface area contributed by atoms with Crippen molar-refractivity contribution in [3.63, 3.8) is 0 Å². The summed E-state index contributed by atoms with van der Waals surface area (Å²) < 4.78 is 0. The molecule has 0 spiro atoms. The van der Waals surface area contributed by atoms with E-state index in [0.717, 1.165) is 0 Å². The van der Waals surface area contributed by atoms with Crippen LogP contribution in [-0.2, 0) is 4.94 Å². The van der Waals surface area contributed by atoms with E-state index in [4.69, 9.17) is 0 Å². The maximum atomic E-state index is 10.2. The Morgan fingerprint density at radius 3 is 2.62 bits per heavy atom. The van der Waals surface area contributed by atoms with Crippen molar-refractivity contribution in [2.45, 2.75) is 6.92 Å². The van der Waals surface area contributed by atoms with Gasteiger partial charge < -0.3 is 10.4 Å². The van der Waals surface area contributed by atoms with Gasteiger partial charge in [-0.1, -0.05) is 6.58 Å². The predicted molar refractivity (Wildman–Crippen MR) is 28.4 cm³/mol. The van der Waals surface area contributed by atoms with Gasteiger partial charge in [-0.15, -0.1) is 5.59 Å². The number of rotatable bonds is 3. The van der Waals surface area contributed by atoms with E-state index in [1.54, 1.807) is 5.59 Å². The minimum Gasteiger partial charge on any atom is -0.732 e. The largest absolute Gasteiger partial charge is 0.732 e. The molecule has 0 aromatic heterocycles. The zero-order valence-corrected chi connectivity index (χ0v) is 4.55. The van der Waals surface area contributed by atoms with E-state index in [-0.39, 0.29) is 10.9 Å². The molecule has 3 N–H and O–H groups in total. The van der Waals surface area contributed by atoms with Crippen molar-refractivity contribution in [3.8, 4) is 0 Å². The van der Waals surface area contributed by atoms with Gasteiger partial charge in [0, 0.05) is 5.70 Å². The highest BCUT2D eigenvalue weighted by Crippen LogP contribution is 1.93. The van der Waals surface area contributed by atoms with Crippen LogP contribution in [0.5, 0.6) is 0 Å². The molecule has 0 aliphatic rings. The number of nitrogens with zero attached hydrogens (tertiary/aromatic N) is 1.